The van der Waals surface area contributed by atoms with Crippen molar-refractivity contribution in [3.05, 3.63) is 0 Å². The Labute approximate surface area is 87.0 Å². The molecule has 0 bridgehead atoms. The van der Waals surface area contributed by atoms with E-state index in [0.29, 0.717) is 6.54 Å². The first kappa shape index (κ1) is 13.5. The van der Waals surface area contributed by atoms with Gasteiger partial charge < -0.3 is 5.32 Å². The summed E-state index contributed by atoms with van der Waals surface area (Å²) < 4.78 is 86.8. The molecule has 1 aliphatic heterocycles. The summed E-state index contributed by atoms with van der Waals surface area (Å²) in [6.07, 6.45) is -6.41. The van der Waals surface area contributed by atoms with E-state index in [1.54, 1.807) is 0 Å². The van der Waals surface area contributed by atoms with Gasteiger partial charge in [0.25, 0.3) is 0 Å². The Morgan fingerprint density at radius 3 is 1.88 bits per heavy atom. The largest absolute Gasteiger partial charge is 0.459 e. The molecule has 1 rings (SSSR count). The molecule has 1 nitrogen and oxygen atoms in total. The molecule has 1 saturated heterocycles. The maximum absolute atomic E-state index is 13.1. The summed E-state index contributed by atoms with van der Waals surface area (Å²) >= 11 is 0. The second-order valence-electron chi connectivity index (χ2n) is 3.74. The molecule has 1 atom stereocenters. The van der Waals surface area contributed by atoms with Crippen LogP contribution in [0, 0.1) is 5.92 Å². The zero-order valence-electron chi connectivity index (χ0n) is 8.05. The number of nitrogens with one attached hydrogen (secondary N) is 1. The van der Waals surface area contributed by atoms with Crippen molar-refractivity contribution in [2.45, 2.75) is 30.9 Å². The molecule has 0 spiro atoms. The number of hydrogen-bond donors (Lipinski definition) is 1. The minimum absolute atomic E-state index is 0.161. The van der Waals surface area contributed by atoms with Crippen molar-refractivity contribution >= 4 is 0 Å². The monoisotopic (exact) mass is 253 g/mol. The molecule has 8 heteroatoms. The van der Waals surface area contributed by atoms with E-state index in [1.807, 2.05) is 0 Å². The fraction of sp³-hybridized carbons (Fsp3) is 1.00. The average molecular weight is 253 g/mol. The molecule has 0 aliphatic carbocycles. The Hall–Kier alpha value is -0.530. The van der Waals surface area contributed by atoms with Crippen molar-refractivity contribution in [2.75, 3.05) is 13.1 Å². The van der Waals surface area contributed by atoms with Crippen molar-refractivity contribution < 1.29 is 30.7 Å². The molecule has 1 unspecified atom stereocenters. The van der Waals surface area contributed by atoms with Crippen molar-refractivity contribution in [3.63, 3.8) is 0 Å². The zero-order valence-corrected chi connectivity index (χ0v) is 8.05. The second-order valence-corrected chi connectivity index (χ2v) is 3.74. The van der Waals surface area contributed by atoms with E-state index in [-0.39, 0.29) is 12.8 Å². The highest BCUT2D eigenvalue weighted by Gasteiger charge is 2.74. The number of rotatable bonds is 2. The third kappa shape index (κ3) is 2.11. The van der Waals surface area contributed by atoms with Crippen LogP contribution in [0.1, 0.15) is 12.8 Å². The van der Waals surface area contributed by atoms with Crippen LogP contribution >= 0.6 is 0 Å². The normalized spacial score (nSPS) is 24.6. The molecule has 96 valence electrons. The maximum Gasteiger partial charge on any atom is 0.459 e. The van der Waals surface area contributed by atoms with Gasteiger partial charge in [-0.25, -0.2) is 0 Å². The lowest BCUT2D eigenvalue weighted by atomic mass is 9.89. The van der Waals surface area contributed by atoms with Crippen LogP contribution in [0.5, 0.6) is 0 Å². The summed E-state index contributed by atoms with van der Waals surface area (Å²) in [6, 6.07) is 0. The Morgan fingerprint density at radius 1 is 0.938 bits per heavy atom. The molecule has 16 heavy (non-hydrogen) atoms. The summed E-state index contributed by atoms with van der Waals surface area (Å²) in [4.78, 5) is 0. The molecule has 0 aromatic carbocycles. The first-order valence-electron chi connectivity index (χ1n) is 4.64. The minimum Gasteiger partial charge on any atom is -0.316 e. The van der Waals surface area contributed by atoms with E-state index in [4.69, 9.17) is 0 Å². The average Bonchev–Trinajstić information content (AvgIpc) is 2.17. The first-order valence-corrected chi connectivity index (χ1v) is 4.64. The van der Waals surface area contributed by atoms with Gasteiger partial charge in [-0.15, -0.1) is 0 Å². The Kier molecular flexibility index (Phi) is 3.42. The van der Waals surface area contributed by atoms with Crippen LogP contribution in [-0.2, 0) is 0 Å². The van der Waals surface area contributed by atoms with Crippen LogP contribution in [0.15, 0.2) is 0 Å². The molecule has 0 aromatic rings. The number of alkyl halides is 7. The molecule has 0 radical (unpaired) electrons. The van der Waals surface area contributed by atoms with Gasteiger partial charge in [0.2, 0.25) is 0 Å². The van der Waals surface area contributed by atoms with E-state index >= 15 is 0 Å². The van der Waals surface area contributed by atoms with Crippen molar-refractivity contribution in [1.82, 2.24) is 5.32 Å². The first-order chi connectivity index (χ1) is 7.11. The van der Waals surface area contributed by atoms with E-state index < -0.39 is 30.5 Å². The Balaban J connectivity index is 2.90. The Bertz CT molecular complexity index is 241. The number of halogens is 7. The fourth-order valence-electron chi connectivity index (χ4n) is 1.61. The lowest BCUT2D eigenvalue weighted by Gasteiger charge is -2.36. The van der Waals surface area contributed by atoms with Crippen LogP contribution in [-0.4, -0.2) is 31.1 Å². The summed E-state index contributed by atoms with van der Waals surface area (Å²) in [6.45, 7) is -0.178. The molecule has 1 fully saturated rings. The topological polar surface area (TPSA) is 12.0 Å². The summed E-state index contributed by atoms with van der Waals surface area (Å²) in [5, 5.41) is 2.38. The standard InChI is InChI=1S/C8H10F7N/c9-6(10,5-2-1-3-16-4-5)7(11,12)8(13,14)15/h5,16H,1-4H2. The fourth-order valence-corrected chi connectivity index (χ4v) is 1.61. The van der Waals surface area contributed by atoms with Gasteiger partial charge in [0.05, 0.1) is 0 Å². The van der Waals surface area contributed by atoms with Gasteiger partial charge in [0, 0.05) is 12.5 Å². The van der Waals surface area contributed by atoms with E-state index in [2.05, 4.69) is 5.32 Å². The van der Waals surface area contributed by atoms with Crippen LogP contribution in [0.2, 0.25) is 0 Å². The summed E-state index contributed by atoms with van der Waals surface area (Å²) in [5.41, 5.74) is 0. The lowest BCUT2D eigenvalue weighted by molar-refractivity contribution is -0.366. The molecule has 1 aliphatic rings. The van der Waals surface area contributed by atoms with E-state index in [0.717, 1.165) is 0 Å². The minimum atomic E-state index is -6.23. The van der Waals surface area contributed by atoms with E-state index in [9.17, 15) is 30.7 Å². The molecular weight excluding hydrogens is 243 g/mol. The van der Waals surface area contributed by atoms with Crippen molar-refractivity contribution in [2.24, 2.45) is 5.92 Å². The van der Waals surface area contributed by atoms with Gasteiger partial charge in [0.15, 0.2) is 0 Å². The van der Waals surface area contributed by atoms with Crippen LogP contribution in [0.4, 0.5) is 30.7 Å². The SMILES string of the molecule is FC(F)(F)C(F)(F)C(F)(F)C1CCCNC1. The van der Waals surface area contributed by atoms with Gasteiger partial charge in [0.1, 0.15) is 0 Å². The molecule has 0 amide bonds. The lowest BCUT2D eigenvalue weighted by Crippen LogP contribution is -2.58. The third-order valence-electron chi connectivity index (χ3n) is 2.58. The van der Waals surface area contributed by atoms with Crippen LogP contribution < -0.4 is 5.32 Å². The van der Waals surface area contributed by atoms with Gasteiger partial charge >= 0.3 is 18.0 Å². The smallest absolute Gasteiger partial charge is 0.316 e. The van der Waals surface area contributed by atoms with Gasteiger partial charge in [-0.1, -0.05) is 0 Å². The maximum atomic E-state index is 13.1. The second kappa shape index (κ2) is 4.05. The molecule has 0 saturated carbocycles. The predicted molar refractivity (Wildman–Crippen MR) is 41.5 cm³/mol. The van der Waals surface area contributed by atoms with Gasteiger partial charge in [-0.05, 0) is 19.4 Å². The van der Waals surface area contributed by atoms with Gasteiger partial charge in [-0.3, -0.25) is 0 Å². The molecular formula is C8H10F7N. The summed E-state index contributed by atoms with van der Waals surface area (Å²) in [5.74, 6) is -13.0. The highest BCUT2D eigenvalue weighted by atomic mass is 19.4. The molecule has 1 N–H and O–H groups in total. The quantitative estimate of drug-likeness (QED) is 0.746. The van der Waals surface area contributed by atoms with Crippen molar-refractivity contribution in [1.29, 1.82) is 0 Å². The number of hydrogen-bond acceptors (Lipinski definition) is 1. The van der Waals surface area contributed by atoms with Crippen LogP contribution in [0.3, 0.4) is 0 Å². The van der Waals surface area contributed by atoms with E-state index in [1.165, 1.54) is 0 Å². The Morgan fingerprint density at radius 2 is 1.50 bits per heavy atom. The predicted octanol–water partition coefficient (Wildman–Crippen LogP) is 2.82. The summed E-state index contributed by atoms with van der Waals surface area (Å²) in [7, 11) is 0. The molecule has 1 heterocycles. The number of piperidine rings is 1. The molecule has 0 aromatic heterocycles. The zero-order chi connectivity index (χ0) is 12.6. The highest BCUT2D eigenvalue weighted by molar-refractivity contribution is 4.97. The van der Waals surface area contributed by atoms with Gasteiger partial charge in [-0.2, -0.15) is 30.7 Å². The third-order valence-corrected chi connectivity index (χ3v) is 2.58. The van der Waals surface area contributed by atoms with Crippen LogP contribution in [0.25, 0.3) is 0 Å². The van der Waals surface area contributed by atoms with Crippen molar-refractivity contribution in [3.8, 4) is 0 Å². The highest BCUT2D eigenvalue weighted by Crippen LogP contribution is 2.50.